The molecular weight excluding hydrogens is 453 g/mol. The number of carbonyl (C=O) groups is 3. The van der Waals surface area contributed by atoms with Crippen molar-refractivity contribution in [3.05, 3.63) is 93.5 Å². The Morgan fingerprint density at radius 2 is 1.66 bits per heavy atom. The lowest BCUT2D eigenvalue weighted by Crippen LogP contribution is -2.32. The van der Waals surface area contributed by atoms with Gasteiger partial charge in [0.25, 0.3) is 0 Å². The van der Waals surface area contributed by atoms with Crippen LogP contribution < -0.4 is 15.5 Å². The maximum Gasteiger partial charge on any atom is 0.343 e. The Morgan fingerprint density at radius 1 is 0.906 bits per heavy atom. The zero-order valence-electron chi connectivity index (χ0n) is 16.8. The lowest BCUT2D eigenvalue weighted by atomic mass is 10.1. The average molecular weight is 470 g/mol. The number of ether oxygens (including phenoxy) is 1. The van der Waals surface area contributed by atoms with Crippen molar-refractivity contribution in [2.24, 2.45) is 5.10 Å². The van der Waals surface area contributed by atoms with Crippen LogP contribution in [-0.2, 0) is 9.59 Å². The van der Waals surface area contributed by atoms with Crippen molar-refractivity contribution >= 4 is 52.9 Å². The fraction of sp³-hybridized carbons (Fsp3) is 0.0435. The highest BCUT2D eigenvalue weighted by Gasteiger charge is 2.13. The number of esters is 1. The van der Waals surface area contributed by atoms with Crippen LogP contribution in [0, 0.1) is 6.92 Å². The lowest BCUT2D eigenvalue weighted by molar-refractivity contribution is -0.136. The van der Waals surface area contributed by atoms with Crippen LogP contribution in [0.5, 0.6) is 5.75 Å². The average Bonchev–Trinajstić information content (AvgIpc) is 2.77. The first-order chi connectivity index (χ1) is 15.3. The fourth-order valence-corrected chi connectivity index (χ4v) is 2.84. The number of halogens is 2. The zero-order valence-corrected chi connectivity index (χ0v) is 18.3. The Labute approximate surface area is 194 Å². The predicted molar refractivity (Wildman–Crippen MR) is 123 cm³/mol. The molecule has 0 spiro atoms. The number of benzene rings is 3. The van der Waals surface area contributed by atoms with Gasteiger partial charge in [-0.25, -0.2) is 10.2 Å². The molecule has 0 aliphatic heterocycles. The zero-order chi connectivity index (χ0) is 23.1. The Bertz CT molecular complexity index is 1190. The molecule has 9 heteroatoms. The minimum Gasteiger partial charge on any atom is -0.423 e. The molecule has 7 nitrogen and oxygen atoms in total. The van der Waals surface area contributed by atoms with Crippen molar-refractivity contribution in [2.75, 3.05) is 5.32 Å². The van der Waals surface area contributed by atoms with E-state index in [1.165, 1.54) is 24.4 Å². The van der Waals surface area contributed by atoms with Gasteiger partial charge in [0, 0.05) is 5.69 Å². The largest absolute Gasteiger partial charge is 0.423 e. The summed E-state index contributed by atoms with van der Waals surface area (Å²) < 4.78 is 5.33. The molecule has 0 aliphatic carbocycles. The van der Waals surface area contributed by atoms with Gasteiger partial charge in [-0.15, -0.1) is 0 Å². The van der Waals surface area contributed by atoms with E-state index in [4.69, 9.17) is 27.9 Å². The van der Waals surface area contributed by atoms with Gasteiger partial charge in [0.1, 0.15) is 5.75 Å². The van der Waals surface area contributed by atoms with E-state index in [1.54, 1.807) is 42.5 Å². The van der Waals surface area contributed by atoms with E-state index in [9.17, 15) is 14.4 Å². The lowest BCUT2D eigenvalue weighted by Gasteiger charge is -2.06. The summed E-state index contributed by atoms with van der Waals surface area (Å²) in [5, 5.41) is 6.70. The Kier molecular flexibility index (Phi) is 7.59. The molecule has 0 aromatic heterocycles. The summed E-state index contributed by atoms with van der Waals surface area (Å²) in [6.07, 6.45) is 1.34. The van der Waals surface area contributed by atoms with Gasteiger partial charge in [0.2, 0.25) is 0 Å². The topological polar surface area (TPSA) is 96.9 Å². The van der Waals surface area contributed by atoms with Gasteiger partial charge in [-0.1, -0.05) is 40.9 Å². The van der Waals surface area contributed by atoms with Crippen LogP contribution in [0.25, 0.3) is 0 Å². The quantitative estimate of drug-likeness (QED) is 0.187. The third-order valence-electron chi connectivity index (χ3n) is 4.11. The molecule has 3 aromatic carbocycles. The molecule has 2 N–H and O–H groups in total. The van der Waals surface area contributed by atoms with Gasteiger partial charge in [-0.3, -0.25) is 9.59 Å². The molecule has 0 heterocycles. The maximum atomic E-state index is 12.2. The van der Waals surface area contributed by atoms with Crippen LogP contribution in [0.2, 0.25) is 10.0 Å². The highest BCUT2D eigenvalue weighted by molar-refractivity contribution is 6.43. The molecule has 0 aliphatic rings. The minimum absolute atomic E-state index is 0.246. The molecule has 3 aromatic rings. The molecule has 0 radical (unpaired) electrons. The van der Waals surface area contributed by atoms with E-state index < -0.39 is 17.8 Å². The molecule has 2 amide bonds. The predicted octanol–water partition coefficient (Wildman–Crippen LogP) is 4.61. The van der Waals surface area contributed by atoms with Gasteiger partial charge in [-0.05, 0) is 67.1 Å². The number of nitrogens with one attached hydrogen (secondary N) is 2. The molecule has 0 saturated heterocycles. The molecule has 0 atom stereocenters. The van der Waals surface area contributed by atoms with Crippen molar-refractivity contribution in [2.45, 2.75) is 6.92 Å². The number of anilines is 1. The Morgan fingerprint density at radius 3 is 2.34 bits per heavy atom. The summed E-state index contributed by atoms with van der Waals surface area (Å²) in [7, 11) is 0. The van der Waals surface area contributed by atoms with Crippen LogP contribution in [0.3, 0.4) is 0 Å². The van der Waals surface area contributed by atoms with Crippen LogP contribution in [0.15, 0.2) is 71.8 Å². The van der Waals surface area contributed by atoms with E-state index in [-0.39, 0.29) is 5.02 Å². The molecule has 0 unspecified atom stereocenters. The fourth-order valence-electron chi connectivity index (χ4n) is 2.54. The summed E-state index contributed by atoms with van der Waals surface area (Å²) >= 11 is 11.7. The maximum absolute atomic E-state index is 12.2. The summed E-state index contributed by atoms with van der Waals surface area (Å²) in [6, 6.07) is 18.0. The number of hydrazone groups is 1. The smallest absolute Gasteiger partial charge is 0.343 e. The van der Waals surface area contributed by atoms with Crippen LogP contribution in [-0.4, -0.2) is 24.0 Å². The third kappa shape index (κ3) is 6.41. The third-order valence-corrected chi connectivity index (χ3v) is 4.85. The molecule has 32 heavy (non-hydrogen) atoms. The monoisotopic (exact) mass is 469 g/mol. The summed E-state index contributed by atoms with van der Waals surface area (Å²) in [4.78, 5) is 36.0. The molecule has 162 valence electrons. The first-order valence-electron chi connectivity index (χ1n) is 9.30. The number of nitrogens with zero attached hydrogens (tertiary/aromatic N) is 1. The number of carbonyl (C=O) groups excluding carboxylic acids is 3. The van der Waals surface area contributed by atoms with E-state index in [0.29, 0.717) is 27.6 Å². The highest BCUT2D eigenvalue weighted by atomic mass is 35.5. The van der Waals surface area contributed by atoms with Crippen molar-refractivity contribution < 1.29 is 19.1 Å². The van der Waals surface area contributed by atoms with E-state index in [0.717, 1.165) is 5.56 Å². The Balaban J connectivity index is 1.51. The number of amides is 2. The first kappa shape index (κ1) is 23.0. The second-order valence-electron chi connectivity index (χ2n) is 6.61. The molecular formula is C23H17Cl2N3O4. The van der Waals surface area contributed by atoms with Crippen LogP contribution >= 0.6 is 23.2 Å². The van der Waals surface area contributed by atoms with Gasteiger partial charge < -0.3 is 10.1 Å². The van der Waals surface area contributed by atoms with Crippen molar-refractivity contribution in [1.29, 1.82) is 0 Å². The number of rotatable bonds is 5. The van der Waals surface area contributed by atoms with Crippen molar-refractivity contribution in [3.8, 4) is 5.75 Å². The van der Waals surface area contributed by atoms with Gasteiger partial charge in [-0.2, -0.15) is 5.10 Å². The van der Waals surface area contributed by atoms with Gasteiger partial charge >= 0.3 is 17.8 Å². The molecule has 0 bridgehead atoms. The first-order valence-corrected chi connectivity index (χ1v) is 10.1. The standard InChI is InChI=1S/C23H17Cl2N3O4/c1-14-3-2-4-16(11-14)23(31)32-18-8-5-15(6-9-18)13-26-28-22(30)21(29)27-17-7-10-19(24)20(25)12-17/h2-13H,1H3,(H,27,29)(H,28,30)/b26-13-. The number of aryl methyl sites for hydroxylation is 1. The van der Waals surface area contributed by atoms with Gasteiger partial charge in [0.05, 0.1) is 21.8 Å². The second-order valence-corrected chi connectivity index (χ2v) is 7.42. The van der Waals surface area contributed by atoms with Crippen LogP contribution in [0.4, 0.5) is 5.69 Å². The summed E-state index contributed by atoms with van der Waals surface area (Å²) in [5.74, 6) is -1.98. The normalized spacial score (nSPS) is 10.6. The highest BCUT2D eigenvalue weighted by Crippen LogP contribution is 2.24. The van der Waals surface area contributed by atoms with E-state index >= 15 is 0 Å². The number of hydrogen-bond acceptors (Lipinski definition) is 5. The SMILES string of the molecule is Cc1cccc(C(=O)Oc2ccc(/C=N\NC(=O)C(=O)Nc3ccc(Cl)c(Cl)c3)cc2)c1. The minimum atomic E-state index is -0.962. The summed E-state index contributed by atoms with van der Waals surface area (Å²) in [5.41, 5.74) is 4.47. The molecule has 0 saturated carbocycles. The number of hydrogen-bond donors (Lipinski definition) is 2. The Hall–Kier alpha value is -3.68. The van der Waals surface area contributed by atoms with Gasteiger partial charge in [0.15, 0.2) is 0 Å². The molecule has 0 fully saturated rings. The van der Waals surface area contributed by atoms with E-state index in [2.05, 4.69) is 15.8 Å². The second kappa shape index (κ2) is 10.6. The molecule has 3 rings (SSSR count). The van der Waals surface area contributed by atoms with Crippen LogP contribution in [0.1, 0.15) is 21.5 Å². The van der Waals surface area contributed by atoms with E-state index in [1.807, 2.05) is 13.0 Å². The van der Waals surface area contributed by atoms with Crippen molar-refractivity contribution in [3.63, 3.8) is 0 Å². The summed E-state index contributed by atoms with van der Waals surface area (Å²) in [6.45, 7) is 1.89. The van der Waals surface area contributed by atoms with Crippen molar-refractivity contribution in [1.82, 2.24) is 5.43 Å².